The monoisotopic (exact) mass is 231 g/mol. The van der Waals surface area contributed by atoms with Crippen LogP contribution in [-0.4, -0.2) is 18.2 Å². The molecule has 0 unspecified atom stereocenters. The lowest BCUT2D eigenvalue weighted by molar-refractivity contribution is -0.139. The van der Waals surface area contributed by atoms with Crippen molar-refractivity contribution < 1.29 is 9.47 Å². The summed E-state index contributed by atoms with van der Waals surface area (Å²) in [7, 11) is 0. The zero-order valence-corrected chi connectivity index (χ0v) is 10.2. The zero-order chi connectivity index (χ0) is 12.1. The number of benzene rings is 1. The highest BCUT2D eigenvalue weighted by molar-refractivity contribution is 5.84. The van der Waals surface area contributed by atoms with Crippen molar-refractivity contribution in [1.29, 1.82) is 0 Å². The van der Waals surface area contributed by atoms with E-state index in [1.165, 1.54) is 0 Å². The summed E-state index contributed by atoms with van der Waals surface area (Å²) in [6.07, 6.45) is 3.34. The summed E-state index contributed by atoms with van der Waals surface area (Å²) < 4.78 is 11.2. The molecule has 0 N–H and O–H groups in total. The van der Waals surface area contributed by atoms with Crippen LogP contribution in [0.4, 0.5) is 0 Å². The molecule has 3 heteroatoms. The molecule has 1 aromatic carbocycles. The molecule has 0 saturated carbocycles. The van der Waals surface area contributed by atoms with Gasteiger partial charge >= 0.3 is 0 Å². The van der Waals surface area contributed by atoms with E-state index in [0.29, 0.717) is 13.2 Å². The van der Waals surface area contributed by atoms with Gasteiger partial charge in [-0.05, 0) is 19.2 Å². The quantitative estimate of drug-likeness (QED) is 0.740. The second-order valence-corrected chi connectivity index (χ2v) is 3.69. The van der Waals surface area contributed by atoms with E-state index >= 15 is 0 Å². The van der Waals surface area contributed by atoms with Crippen molar-refractivity contribution in [3.05, 3.63) is 42.2 Å². The highest BCUT2D eigenvalue weighted by Gasteiger charge is 2.14. The minimum absolute atomic E-state index is 0.330. The molecule has 1 aromatic heterocycles. The minimum Gasteiger partial charge on any atom is -0.349 e. The normalized spacial score (nSPS) is 11.2. The second kappa shape index (κ2) is 5.75. The Labute approximate surface area is 101 Å². The maximum Gasteiger partial charge on any atom is 0.185 e. The van der Waals surface area contributed by atoms with Crippen LogP contribution in [0.15, 0.2) is 36.7 Å². The zero-order valence-electron chi connectivity index (χ0n) is 10.2. The molecule has 0 spiro atoms. The van der Waals surface area contributed by atoms with E-state index in [0.717, 1.165) is 16.3 Å². The van der Waals surface area contributed by atoms with Crippen LogP contribution in [-0.2, 0) is 9.47 Å². The van der Waals surface area contributed by atoms with E-state index in [4.69, 9.17) is 9.47 Å². The van der Waals surface area contributed by atoms with Crippen molar-refractivity contribution in [3.8, 4) is 0 Å². The van der Waals surface area contributed by atoms with E-state index in [2.05, 4.69) is 11.1 Å². The first-order valence-corrected chi connectivity index (χ1v) is 5.92. The van der Waals surface area contributed by atoms with Crippen molar-refractivity contribution in [3.63, 3.8) is 0 Å². The maximum absolute atomic E-state index is 5.61. The molecule has 17 heavy (non-hydrogen) atoms. The van der Waals surface area contributed by atoms with Crippen LogP contribution in [0.1, 0.15) is 25.7 Å². The molecule has 0 aliphatic rings. The van der Waals surface area contributed by atoms with Crippen LogP contribution in [0.3, 0.4) is 0 Å². The lowest BCUT2D eigenvalue weighted by Gasteiger charge is -2.18. The van der Waals surface area contributed by atoms with Crippen molar-refractivity contribution >= 4 is 10.8 Å². The Morgan fingerprint density at radius 3 is 2.47 bits per heavy atom. The molecule has 90 valence electrons. The first-order chi connectivity index (χ1) is 8.36. The van der Waals surface area contributed by atoms with Crippen molar-refractivity contribution in [2.24, 2.45) is 0 Å². The Balaban J connectivity index is 2.44. The molecule has 0 bridgehead atoms. The summed E-state index contributed by atoms with van der Waals surface area (Å²) in [5.74, 6) is 0. The van der Waals surface area contributed by atoms with Gasteiger partial charge in [0.25, 0.3) is 0 Å². The molecule has 0 radical (unpaired) electrons. The van der Waals surface area contributed by atoms with Crippen molar-refractivity contribution in [1.82, 2.24) is 4.98 Å². The number of nitrogens with zero attached hydrogens (tertiary/aromatic N) is 1. The maximum atomic E-state index is 5.61. The fourth-order valence-electron chi connectivity index (χ4n) is 1.86. The van der Waals surface area contributed by atoms with E-state index in [-0.39, 0.29) is 6.29 Å². The van der Waals surface area contributed by atoms with Gasteiger partial charge in [-0.2, -0.15) is 0 Å². The number of pyridine rings is 1. The molecular formula is C14H17NO2. The SMILES string of the molecule is CCOC(OCC)c1cncc2ccccc12. The fraction of sp³-hybridized carbons (Fsp3) is 0.357. The molecular weight excluding hydrogens is 214 g/mol. The number of rotatable bonds is 5. The summed E-state index contributed by atoms with van der Waals surface area (Å²) >= 11 is 0. The van der Waals surface area contributed by atoms with Gasteiger partial charge in [0.15, 0.2) is 6.29 Å². The molecule has 2 aromatic rings. The lowest BCUT2D eigenvalue weighted by atomic mass is 10.1. The molecule has 0 aliphatic carbocycles. The van der Waals surface area contributed by atoms with Gasteiger partial charge < -0.3 is 9.47 Å². The topological polar surface area (TPSA) is 31.4 Å². The largest absolute Gasteiger partial charge is 0.349 e. The number of aromatic nitrogens is 1. The average Bonchev–Trinajstić information content (AvgIpc) is 2.38. The molecule has 0 amide bonds. The molecule has 2 rings (SSSR count). The first kappa shape index (κ1) is 12.0. The van der Waals surface area contributed by atoms with Gasteiger partial charge in [-0.1, -0.05) is 24.3 Å². The molecule has 0 fully saturated rings. The van der Waals surface area contributed by atoms with E-state index in [1.807, 2.05) is 44.4 Å². The molecule has 0 saturated heterocycles. The van der Waals surface area contributed by atoms with Gasteiger partial charge in [0.1, 0.15) is 0 Å². The van der Waals surface area contributed by atoms with E-state index < -0.39 is 0 Å². The Morgan fingerprint density at radius 1 is 1.06 bits per heavy atom. The molecule has 0 atom stereocenters. The lowest BCUT2D eigenvalue weighted by Crippen LogP contribution is -2.09. The standard InChI is InChI=1S/C14H17NO2/c1-3-16-14(17-4-2)13-10-15-9-11-7-5-6-8-12(11)13/h5-10,14H,3-4H2,1-2H3. The van der Waals surface area contributed by atoms with Crippen LogP contribution in [0.25, 0.3) is 10.8 Å². The highest BCUT2D eigenvalue weighted by atomic mass is 16.7. The number of hydrogen-bond acceptors (Lipinski definition) is 3. The van der Waals surface area contributed by atoms with Crippen LogP contribution >= 0.6 is 0 Å². The van der Waals surface area contributed by atoms with Gasteiger partial charge in [-0.15, -0.1) is 0 Å². The third kappa shape index (κ3) is 2.62. The fourth-order valence-corrected chi connectivity index (χ4v) is 1.86. The van der Waals surface area contributed by atoms with Gasteiger partial charge in [0.05, 0.1) is 0 Å². The van der Waals surface area contributed by atoms with Crippen LogP contribution in [0.2, 0.25) is 0 Å². The third-order valence-corrected chi connectivity index (χ3v) is 2.59. The van der Waals surface area contributed by atoms with E-state index in [9.17, 15) is 0 Å². The summed E-state index contributed by atoms with van der Waals surface area (Å²) in [5, 5.41) is 2.24. The summed E-state index contributed by atoms with van der Waals surface area (Å²) in [4.78, 5) is 4.24. The molecule has 0 aliphatic heterocycles. The van der Waals surface area contributed by atoms with Crippen LogP contribution in [0.5, 0.6) is 0 Å². The summed E-state index contributed by atoms with van der Waals surface area (Å²) in [5.41, 5.74) is 0.992. The summed E-state index contributed by atoms with van der Waals surface area (Å²) in [6.45, 7) is 5.16. The summed E-state index contributed by atoms with van der Waals surface area (Å²) in [6, 6.07) is 8.13. The Morgan fingerprint density at radius 2 is 1.76 bits per heavy atom. The van der Waals surface area contributed by atoms with Gasteiger partial charge in [0, 0.05) is 36.6 Å². The Bertz CT molecular complexity index is 473. The molecule has 1 heterocycles. The van der Waals surface area contributed by atoms with Crippen molar-refractivity contribution in [2.45, 2.75) is 20.1 Å². The Hall–Kier alpha value is -1.45. The van der Waals surface area contributed by atoms with Gasteiger partial charge in [-0.3, -0.25) is 4.98 Å². The van der Waals surface area contributed by atoms with E-state index in [1.54, 1.807) is 0 Å². The van der Waals surface area contributed by atoms with Crippen LogP contribution in [0, 0.1) is 0 Å². The molecule has 3 nitrogen and oxygen atoms in total. The second-order valence-electron chi connectivity index (χ2n) is 3.69. The smallest absolute Gasteiger partial charge is 0.185 e. The van der Waals surface area contributed by atoms with Gasteiger partial charge in [0.2, 0.25) is 0 Å². The first-order valence-electron chi connectivity index (χ1n) is 5.92. The van der Waals surface area contributed by atoms with Crippen molar-refractivity contribution in [2.75, 3.05) is 13.2 Å². The predicted molar refractivity (Wildman–Crippen MR) is 67.7 cm³/mol. The van der Waals surface area contributed by atoms with Crippen LogP contribution < -0.4 is 0 Å². The highest BCUT2D eigenvalue weighted by Crippen LogP contribution is 2.26. The average molecular weight is 231 g/mol. The number of fused-ring (bicyclic) bond motifs is 1. The Kier molecular flexibility index (Phi) is 4.07. The van der Waals surface area contributed by atoms with Gasteiger partial charge in [-0.25, -0.2) is 0 Å². The third-order valence-electron chi connectivity index (χ3n) is 2.59. The predicted octanol–water partition coefficient (Wildman–Crippen LogP) is 3.31. The number of ether oxygens (including phenoxy) is 2. The minimum atomic E-state index is -0.330. The number of hydrogen-bond donors (Lipinski definition) is 0.